The predicted molar refractivity (Wildman–Crippen MR) is 73.5 cm³/mol. The molecule has 0 spiro atoms. The fourth-order valence-corrected chi connectivity index (χ4v) is 1.99. The Morgan fingerprint density at radius 3 is 3.10 bits per heavy atom. The van der Waals surface area contributed by atoms with Crippen LogP contribution in [-0.2, 0) is 18.4 Å². The Kier molecular flexibility index (Phi) is 3.02. The smallest absolute Gasteiger partial charge is 0.265 e. The second-order valence-corrected chi connectivity index (χ2v) is 4.70. The van der Waals surface area contributed by atoms with Gasteiger partial charge in [-0.2, -0.15) is 0 Å². The van der Waals surface area contributed by atoms with E-state index < -0.39 is 6.10 Å². The number of carbonyl (C=O) groups is 1. The van der Waals surface area contributed by atoms with Crippen molar-refractivity contribution in [3.63, 3.8) is 0 Å². The number of hydrogen-bond acceptors (Lipinski definition) is 5. The molecule has 7 nitrogen and oxygen atoms in total. The van der Waals surface area contributed by atoms with Crippen molar-refractivity contribution in [3.05, 3.63) is 30.1 Å². The summed E-state index contributed by atoms with van der Waals surface area (Å²) in [4.78, 5) is 11.6. The predicted octanol–water partition coefficient (Wildman–Crippen LogP) is 1.15. The number of fused-ring (bicyclic) bond motifs is 1. The minimum absolute atomic E-state index is 0.136. The van der Waals surface area contributed by atoms with Crippen LogP contribution in [0.25, 0.3) is 0 Å². The molecular formula is C13H15N5O2. The number of amides is 1. The van der Waals surface area contributed by atoms with Gasteiger partial charge in [0.2, 0.25) is 0 Å². The quantitative estimate of drug-likeness (QED) is 0.876. The van der Waals surface area contributed by atoms with Crippen LogP contribution < -0.4 is 15.4 Å². The SMILES string of the molecule is CC1Oc2ccc(NCc3cn(C)nn3)cc2NC1=O. The van der Waals surface area contributed by atoms with Gasteiger partial charge in [0.25, 0.3) is 5.91 Å². The summed E-state index contributed by atoms with van der Waals surface area (Å²) in [7, 11) is 1.82. The number of aromatic nitrogens is 3. The molecule has 2 heterocycles. The lowest BCUT2D eigenvalue weighted by atomic mass is 10.2. The maximum Gasteiger partial charge on any atom is 0.265 e. The van der Waals surface area contributed by atoms with Crippen molar-refractivity contribution in [3.8, 4) is 5.75 Å². The molecule has 0 fully saturated rings. The summed E-state index contributed by atoms with van der Waals surface area (Å²) in [6.07, 6.45) is 1.39. The summed E-state index contributed by atoms with van der Waals surface area (Å²) in [5.41, 5.74) is 2.41. The maximum absolute atomic E-state index is 11.6. The van der Waals surface area contributed by atoms with Crippen LogP contribution in [0, 0.1) is 0 Å². The van der Waals surface area contributed by atoms with E-state index in [-0.39, 0.29) is 5.91 Å². The van der Waals surface area contributed by atoms with Crippen molar-refractivity contribution < 1.29 is 9.53 Å². The first kappa shape index (κ1) is 12.5. The van der Waals surface area contributed by atoms with Gasteiger partial charge in [-0.15, -0.1) is 5.10 Å². The van der Waals surface area contributed by atoms with E-state index in [0.29, 0.717) is 18.0 Å². The highest BCUT2D eigenvalue weighted by Crippen LogP contribution is 2.32. The van der Waals surface area contributed by atoms with Gasteiger partial charge in [-0.3, -0.25) is 9.48 Å². The number of ether oxygens (including phenoxy) is 1. The number of rotatable bonds is 3. The van der Waals surface area contributed by atoms with Gasteiger partial charge in [0.15, 0.2) is 6.10 Å². The Labute approximate surface area is 115 Å². The van der Waals surface area contributed by atoms with Crippen molar-refractivity contribution in [2.24, 2.45) is 7.05 Å². The topological polar surface area (TPSA) is 81.1 Å². The van der Waals surface area contributed by atoms with Crippen molar-refractivity contribution in [1.29, 1.82) is 0 Å². The zero-order chi connectivity index (χ0) is 14.1. The summed E-state index contributed by atoms with van der Waals surface area (Å²) in [6.45, 7) is 2.29. The number of hydrogen-bond donors (Lipinski definition) is 2. The van der Waals surface area contributed by atoms with Gasteiger partial charge in [-0.25, -0.2) is 0 Å². The molecule has 0 bridgehead atoms. The van der Waals surface area contributed by atoms with Crippen LogP contribution in [0.3, 0.4) is 0 Å². The molecule has 1 amide bonds. The fourth-order valence-electron chi connectivity index (χ4n) is 1.99. The van der Waals surface area contributed by atoms with Crippen molar-refractivity contribution in [2.45, 2.75) is 19.6 Å². The Bertz CT molecular complexity index is 652. The molecule has 0 radical (unpaired) electrons. The first-order chi connectivity index (χ1) is 9.61. The lowest BCUT2D eigenvalue weighted by Gasteiger charge is -2.23. The van der Waals surface area contributed by atoms with Crippen LogP contribution in [0.2, 0.25) is 0 Å². The van der Waals surface area contributed by atoms with Crippen LogP contribution in [0.15, 0.2) is 24.4 Å². The number of benzene rings is 1. The third-order valence-electron chi connectivity index (χ3n) is 3.03. The van der Waals surface area contributed by atoms with Crippen molar-refractivity contribution in [2.75, 3.05) is 10.6 Å². The third-order valence-corrected chi connectivity index (χ3v) is 3.03. The normalized spacial score (nSPS) is 17.1. The van der Waals surface area contributed by atoms with E-state index in [9.17, 15) is 4.79 Å². The minimum atomic E-state index is -0.457. The fraction of sp³-hybridized carbons (Fsp3) is 0.308. The van der Waals surface area contributed by atoms with Crippen LogP contribution in [0.5, 0.6) is 5.75 Å². The van der Waals surface area contributed by atoms with Gasteiger partial charge < -0.3 is 15.4 Å². The van der Waals surface area contributed by atoms with Crippen molar-refractivity contribution in [1.82, 2.24) is 15.0 Å². The molecule has 0 aliphatic carbocycles. The molecule has 2 aromatic rings. The molecule has 1 aromatic carbocycles. The second-order valence-electron chi connectivity index (χ2n) is 4.70. The second kappa shape index (κ2) is 4.84. The lowest BCUT2D eigenvalue weighted by molar-refractivity contribution is -0.122. The molecule has 0 saturated heterocycles. The number of carbonyl (C=O) groups excluding carboxylic acids is 1. The zero-order valence-electron chi connectivity index (χ0n) is 11.3. The van der Waals surface area contributed by atoms with Crippen LogP contribution in [0.4, 0.5) is 11.4 Å². The van der Waals surface area contributed by atoms with Crippen LogP contribution in [-0.4, -0.2) is 27.0 Å². The first-order valence-electron chi connectivity index (χ1n) is 6.32. The van der Waals surface area contributed by atoms with Gasteiger partial charge in [0.1, 0.15) is 11.4 Å². The number of aryl methyl sites for hydroxylation is 1. The number of anilines is 2. The standard InChI is InChI=1S/C13H15N5O2/c1-8-13(19)15-11-5-9(3-4-12(11)20-8)14-6-10-7-18(2)17-16-10/h3-5,7-8,14H,6H2,1-2H3,(H,15,19). The molecule has 0 saturated carbocycles. The van der Waals surface area contributed by atoms with E-state index in [2.05, 4.69) is 20.9 Å². The average Bonchev–Trinajstić information content (AvgIpc) is 2.84. The van der Waals surface area contributed by atoms with E-state index in [1.54, 1.807) is 11.6 Å². The van der Waals surface area contributed by atoms with Gasteiger partial charge >= 0.3 is 0 Å². The van der Waals surface area contributed by atoms with E-state index >= 15 is 0 Å². The van der Waals surface area contributed by atoms with E-state index in [0.717, 1.165) is 11.4 Å². The molecule has 1 aromatic heterocycles. The van der Waals surface area contributed by atoms with Gasteiger partial charge in [-0.05, 0) is 25.1 Å². The van der Waals surface area contributed by atoms with Crippen molar-refractivity contribution >= 4 is 17.3 Å². The van der Waals surface area contributed by atoms with Crippen LogP contribution >= 0.6 is 0 Å². The number of nitrogens with zero attached hydrogens (tertiary/aromatic N) is 3. The monoisotopic (exact) mass is 273 g/mol. The van der Waals surface area contributed by atoms with Gasteiger partial charge in [-0.1, -0.05) is 5.21 Å². The van der Waals surface area contributed by atoms with E-state index in [4.69, 9.17) is 4.74 Å². The molecule has 7 heteroatoms. The molecule has 20 heavy (non-hydrogen) atoms. The molecule has 3 rings (SSSR count). The molecule has 1 atom stereocenters. The summed E-state index contributed by atoms with van der Waals surface area (Å²) >= 11 is 0. The van der Waals surface area contributed by atoms with Gasteiger partial charge in [0, 0.05) is 18.9 Å². The molecule has 2 N–H and O–H groups in total. The Balaban J connectivity index is 1.72. The highest BCUT2D eigenvalue weighted by Gasteiger charge is 2.23. The largest absolute Gasteiger partial charge is 0.479 e. The summed E-state index contributed by atoms with van der Waals surface area (Å²) < 4.78 is 7.15. The Morgan fingerprint density at radius 1 is 1.50 bits per heavy atom. The highest BCUT2D eigenvalue weighted by atomic mass is 16.5. The minimum Gasteiger partial charge on any atom is -0.479 e. The molecule has 104 valence electrons. The summed E-state index contributed by atoms with van der Waals surface area (Å²) in [6, 6.07) is 5.58. The van der Waals surface area contributed by atoms with E-state index in [1.165, 1.54) is 0 Å². The van der Waals surface area contributed by atoms with E-state index in [1.807, 2.05) is 31.4 Å². The highest BCUT2D eigenvalue weighted by molar-refractivity contribution is 5.98. The first-order valence-corrected chi connectivity index (χ1v) is 6.32. The van der Waals surface area contributed by atoms with Crippen LogP contribution in [0.1, 0.15) is 12.6 Å². The Hall–Kier alpha value is -2.57. The van der Waals surface area contributed by atoms with Gasteiger partial charge in [0.05, 0.1) is 12.2 Å². The molecule has 1 aliphatic heterocycles. The Morgan fingerprint density at radius 2 is 2.35 bits per heavy atom. The molecule has 1 aliphatic rings. The summed E-state index contributed by atoms with van der Waals surface area (Å²) in [5, 5.41) is 13.9. The molecular weight excluding hydrogens is 258 g/mol. The third kappa shape index (κ3) is 2.42. The molecule has 1 unspecified atom stereocenters. The maximum atomic E-state index is 11.6. The lowest BCUT2D eigenvalue weighted by Crippen LogP contribution is -2.34. The summed E-state index contributed by atoms with van der Waals surface area (Å²) in [5.74, 6) is 0.547. The average molecular weight is 273 g/mol. The number of nitrogens with one attached hydrogen (secondary N) is 2. The zero-order valence-corrected chi connectivity index (χ0v) is 11.3.